The van der Waals surface area contributed by atoms with Crippen molar-refractivity contribution in [3.63, 3.8) is 0 Å². The lowest BCUT2D eigenvalue weighted by atomic mass is 10.1. The molecule has 0 heterocycles. The maximum absolute atomic E-state index is 12.0. The third-order valence-electron chi connectivity index (χ3n) is 3.62. The van der Waals surface area contributed by atoms with E-state index in [-0.39, 0.29) is 18.6 Å². The minimum atomic E-state index is -0.179. The summed E-state index contributed by atoms with van der Waals surface area (Å²) in [7, 11) is 0. The van der Waals surface area contributed by atoms with Crippen molar-refractivity contribution in [1.82, 2.24) is 5.32 Å². The van der Waals surface area contributed by atoms with Gasteiger partial charge >= 0.3 is 0 Å². The number of carbonyl (C=O) groups excluding carboxylic acids is 1. The number of rotatable bonds is 6. The smallest absolute Gasteiger partial charge is 0.258 e. The van der Waals surface area contributed by atoms with Crippen LogP contribution in [0.1, 0.15) is 36.6 Å². The zero-order valence-electron chi connectivity index (χ0n) is 13.4. The monoisotopic (exact) mass is 308 g/mol. The minimum absolute atomic E-state index is 0.0217. The van der Waals surface area contributed by atoms with Crippen LogP contribution in [0.25, 0.3) is 0 Å². The van der Waals surface area contributed by atoms with Gasteiger partial charge in [0.2, 0.25) is 0 Å². The summed E-state index contributed by atoms with van der Waals surface area (Å²) < 4.78 is 5.49. The van der Waals surface area contributed by atoms with Crippen LogP contribution in [-0.4, -0.2) is 12.5 Å². The van der Waals surface area contributed by atoms with E-state index in [1.165, 1.54) is 5.56 Å². The number of aryl methyl sites for hydroxylation is 1. The molecule has 0 spiro atoms. The first-order chi connectivity index (χ1) is 11.1. The molecule has 0 bridgehead atoms. The predicted molar refractivity (Wildman–Crippen MR) is 89.0 cm³/mol. The van der Waals surface area contributed by atoms with E-state index in [4.69, 9.17) is 10.00 Å². The molecule has 0 aromatic heterocycles. The third kappa shape index (κ3) is 4.86. The Labute approximate surface area is 136 Å². The quantitative estimate of drug-likeness (QED) is 0.890. The SMILES string of the molecule is CCc1ccc(OCC(=O)NC(C)c2ccc(C#N)cc2)cc1. The average Bonchev–Trinajstić information content (AvgIpc) is 2.60. The average molecular weight is 308 g/mol. The Morgan fingerprint density at radius 1 is 1.17 bits per heavy atom. The minimum Gasteiger partial charge on any atom is -0.484 e. The topological polar surface area (TPSA) is 62.1 Å². The Bertz CT molecular complexity index is 685. The first-order valence-electron chi connectivity index (χ1n) is 7.63. The fraction of sp³-hybridized carbons (Fsp3) is 0.263. The standard InChI is InChI=1S/C19H20N2O2/c1-3-15-6-10-18(11-7-15)23-13-19(22)21-14(2)17-8-4-16(12-20)5-9-17/h4-11,14H,3,13H2,1-2H3,(H,21,22). The molecule has 0 radical (unpaired) electrons. The van der Waals surface area contributed by atoms with Gasteiger partial charge in [-0.2, -0.15) is 5.26 Å². The first kappa shape index (κ1) is 16.6. The number of nitrogens with zero attached hydrogens (tertiary/aromatic N) is 1. The van der Waals surface area contributed by atoms with Gasteiger partial charge in [-0.1, -0.05) is 31.2 Å². The normalized spacial score (nSPS) is 11.3. The Hall–Kier alpha value is -2.80. The lowest BCUT2D eigenvalue weighted by Gasteiger charge is -2.15. The summed E-state index contributed by atoms with van der Waals surface area (Å²) >= 11 is 0. The number of nitrogens with one attached hydrogen (secondary N) is 1. The fourth-order valence-corrected chi connectivity index (χ4v) is 2.18. The Morgan fingerprint density at radius 3 is 2.39 bits per heavy atom. The molecule has 2 aromatic carbocycles. The molecule has 23 heavy (non-hydrogen) atoms. The number of hydrogen-bond acceptors (Lipinski definition) is 3. The van der Waals surface area contributed by atoms with Gasteiger partial charge in [-0.05, 0) is 48.7 Å². The maximum Gasteiger partial charge on any atom is 0.258 e. The molecule has 2 aromatic rings. The zero-order valence-corrected chi connectivity index (χ0v) is 13.4. The van der Waals surface area contributed by atoms with Crippen LogP contribution >= 0.6 is 0 Å². The van der Waals surface area contributed by atoms with E-state index in [9.17, 15) is 4.79 Å². The number of hydrogen-bond donors (Lipinski definition) is 1. The van der Waals surface area contributed by atoms with Crippen molar-refractivity contribution in [3.05, 3.63) is 65.2 Å². The number of carbonyl (C=O) groups is 1. The van der Waals surface area contributed by atoms with Crippen molar-refractivity contribution in [2.45, 2.75) is 26.3 Å². The highest BCUT2D eigenvalue weighted by Crippen LogP contribution is 2.14. The zero-order chi connectivity index (χ0) is 16.7. The van der Waals surface area contributed by atoms with Crippen LogP contribution < -0.4 is 10.1 Å². The molecular weight excluding hydrogens is 288 g/mol. The van der Waals surface area contributed by atoms with Crippen molar-refractivity contribution in [2.75, 3.05) is 6.61 Å². The van der Waals surface area contributed by atoms with Crippen molar-refractivity contribution in [2.24, 2.45) is 0 Å². The summed E-state index contributed by atoms with van der Waals surface area (Å²) in [6.07, 6.45) is 0.975. The number of ether oxygens (including phenoxy) is 1. The Balaban J connectivity index is 1.84. The van der Waals surface area contributed by atoms with Gasteiger partial charge in [0.25, 0.3) is 5.91 Å². The molecule has 1 amide bonds. The molecule has 4 nitrogen and oxygen atoms in total. The summed E-state index contributed by atoms with van der Waals surface area (Å²) in [6, 6.07) is 16.8. The largest absolute Gasteiger partial charge is 0.484 e. The number of amides is 1. The first-order valence-corrected chi connectivity index (χ1v) is 7.63. The summed E-state index contributed by atoms with van der Waals surface area (Å²) in [5.41, 5.74) is 2.78. The van der Waals surface area contributed by atoms with Crippen molar-refractivity contribution in [1.29, 1.82) is 5.26 Å². The molecule has 2 rings (SSSR count). The molecule has 0 aliphatic carbocycles. The molecule has 0 saturated carbocycles. The van der Waals surface area contributed by atoms with Gasteiger partial charge in [0.05, 0.1) is 17.7 Å². The van der Waals surface area contributed by atoms with Gasteiger partial charge in [0, 0.05) is 0 Å². The van der Waals surface area contributed by atoms with E-state index in [0.29, 0.717) is 11.3 Å². The van der Waals surface area contributed by atoms with Crippen LogP contribution in [0.5, 0.6) is 5.75 Å². The van der Waals surface area contributed by atoms with Crippen LogP contribution in [0.4, 0.5) is 0 Å². The number of benzene rings is 2. The van der Waals surface area contributed by atoms with Gasteiger partial charge in [0.1, 0.15) is 5.75 Å². The highest BCUT2D eigenvalue weighted by molar-refractivity contribution is 5.78. The highest BCUT2D eigenvalue weighted by atomic mass is 16.5. The molecule has 0 aliphatic heterocycles. The molecule has 1 N–H and O–H groups in total. The second kappa shape index (κ2) is 8.00. The van der Waals surface area contributed by atoms with Gasteiger partial charge in [-0.15, -0.1) is 0 Å². The molecule has 1 unspecified atom stereocenters. The lowest BCUT2D eigenvalue weighted by molar-refractivity contribution is -0.123. The molecule has 0 fully saturated rings. The Morgan fingerprint density at radius 2 is 1.83 bits per heavy atom. The van der Waals surface area contributed by atoms with Crippen molar-refractivity contribution in [3.8, 4) is 11.8 Å². The van der Waals surface area contributed by atoms with Crippen LogP contribution in [0.15, 0.2) is 48.5 Å². The van der Waals surface area contributed by atoms with Gasteiger partial charge < -0.3 is 10.1 Å². The van der Waals surface area contributed by atoms with Crippen molar-refractivity contribution >= 4 is 5.91 Å². The predicted octanol–water partition coefficient (Wildman–Crippen LogP) is 3.38. The second-order valence-electron chi connectivity index (χ2n) is 5.31. The van der Waals surface area contributed by atoms with Crippen molar-refractivity contribution < 1.29 is 9.53 Å². The summed E-state index contributed by atoms with van der Waals surface area (Å²) in [6.45, 7) is 3.97. The maximum atomic E-state index is 12.0. The summed E-state index contributed by atoms with van der Waals surface area (Å²) in [4.78, 5) is 12.0. The van der Waals surface area contributed by atoms with Gasteiger partial charge in [-0.25, -0.2) is 0 Å². The Kier molecular flexibility index (Phi) is 5.76. The van der Waals surface area contributed by atoms with E-state index >= 15 is 0 Å². The van der Waals surface area contributed by atoms with Crippen LogP contribution in [0.3, 0.4) is 0 Å². The van der Waals surface area contributed by atoms with Crippen LogP contribution in [-0.2, 0) is 11.2 Å². The lowest BCUT2D eigenvalue weighted by Crippen LogP contribution is -2.31. The van der Waals surface area contributed by atoms with E-state index < -0.39 is 0 Å². The van der Waals surface area contributed by atoms with Gasteiger partial charge in [0.15, 0.2) is 6.61 Å². The number of nitriles is 1. The molecule has 0 aliphatic rings. The van der Waals surface area contributed by atoms with Crippen LogP contribution in [0, 0.1) is 11.3 Å². The molecule has 0 saturated heterocycles. The molecule has 4 heteroatoms. The molecule has 1 atom stereocenters. The summed E-state index contributed by atoms with van der Waals surface area (Å²) in [5.74, 6) is 0.504. The van der Waals surface area contributed by atoms with Crippen LogP contribution in [0.2, 0.25) is 0 Å². The summed E-state index contributed by atoms with van der Waals surface area (Å²) in [5, 5.41) is 11.7. The fourth-order valence-electron chi connectivity index (χ4n) is 2.18. The third-order valence-corrected chi connectivity index (χ3v) is 3.62. The van der Waals surface area contributed by atoms with E-state index in [1.807, 2.05) is 43.3 Å². The molecular formula is C19H20N2O2. The second-order valence-corrected chi connectivity index (χ2v) is 5.31. The molecule has 118 valence electrons. The van der Waals surface area contributed by atoms with E-state index in [2.05, 4.69) is 18.3 Å². The van der Waals surface area contributed by atoms with E-state index in [1.54, 1.807) is 12.1 Å². The van der Waals surface area contributed by atoms with E-state index in [0.717, 1.165) is 12.0 Å². The van der Waals surface area contributed by atoms with Gasteiger partial charge in [-0.3, -0.25) is 4.79 Å². The highest BCUT2D eigenvalue weighted by Gasteiger charge is 2.10.